The fourth-order valence-corrected chi connectivity index (χ4v) is 2.24. The van der Waals surface area contributed by atoms with E-state index >= 15 is 0 Å². The van der Waals surface area contributed by atoms with Crippen molar-refractivity contribution in [1.29, 1.82) is 0 Å². The Hall–Kier alpha value is -0.570. The van der Waals surface area contributed by atoms with Crippen molar-refractivity contribution in [3.63, 3.8) is 0 Å². The van der Waals surface area contributed by atoms with Crippen LogP contribution >= 0.6 is 0 Å². The summed E-state index contributed by atoms with van der Waals surface area (Å²) in [6, 6.07) is 0.115. The summed E-state index contributed by atoms with van der Waals surface area (Å²) in [5.41, 5.74) is 6.13. The number of nitrogens with one attached hydrogen (secondary N) is 1. The van der Waals surface area contributed by atoms with Crippen LogP contribution in [0.15, 0.2) is 0 Å². The van der Waals surface area contributed by atoms with Gasteiger partial charge in [-0.1, -0.05) is 13.3 Å². The van der Waals surface area contributed by atoms with Crippen molar-refractivity contribution in [2.45, 2.75) is 45.1 Å². The van der Waals surface area contributed by atoms with E-state index in [0.29, 0.717) is 5.41 Å². The van der Waals surface area contributed by atoms with E-state index in [1.54, 1.807) is 0 Å². The summed E-state index contributed by atoms with van der Waals surface area (Å²) in [5, 5.41) is 3.04. The highest BCUT2D eigenvalue weighted by molar-refractivity contribution is 5.80. The third kappa shape index (κ3) is 1.78. The van der Waals surface area contributed by atoms with E-state index in [9.17, 15) is 4.79 Å². The summed E-state index contributed by atoms with van der Waals surface area (Å²) >= 11 is 0. The molecule has 0 radical (unpaired) electrons. The molecule has 0 aromatic carbocycles. The zero-order valence-corrected chi connectivity index (χ0v) is 8.88. The van der Waals surface area contributed by atoms with Crippen LogP contribution in [0.25, 0.3) is 0 Å². The van der Waals surface area contributed by atoms with Crippen LogP contribution in [0.1, 0.15) is 39.0 Å². The molecule has 3 nitrogen and oxygen atoms in total. The van der Waals surface area contributed by atoms with Gasteiger partial charge in [-0.05, 0) is 31.1 Å². The normalized spacial score (nSPS) is 34.1. The maximum absolute atomic E-state index is 11.6. The van der Waals surface area contributed by atoms with Gasteiger partial charge >= 0.3 is 0 Å². The highest BCUT2D eigenvalue weighted by atomic mass is 16.1. The van der Waals surface area contributed by atoms with Crippen LogP contribution in [0.4, 0.5) is 0 Å². The SMILES string of the molecule is CC1(CNC(=O)[C@H]2CC[C@H]2N)CCC1. The van der Waals surface area contributed by atoms with E-state index in [1.165, 1.54) is 19.3 Å². The molecule has 0 saturated heterocycles. The predicted molar refractivity (Wildman–Crippen MR) is 55.7 cm³/mol. The molecule has 0 aliphatic heterocycles. The van der Waals surface area contributed by atoms with Crippen molar-refractivity contribution in [1.82, 2.24) is 5.32 Å². The van der Waals surface area contributed by atoms with Crippen molar-refractivity contribution in [2.75, 3.05) is 6.54 Å². The van der Waals surface area contributed by atoms with Crippen LogP contribution in [0.3, 0.4) is 0 Å². The number of carbonyl (C=O) groups is 1. The largest absolute Gasteiger partial charge is 0.355 e. The average molecular weight is 196 g/mol. The lowest BCUT2D eigenvalue weighted by Crippen LogP contribution is -2.51. The third-order valence-electron chi connectivity index (χ3n) is 3.91. The Morgan fingerprint density at radius 3 is 2.57 bits per heavy atom. The maximum Gasteiger partial charge on any atom is 0.224 e. The molecule has 0 aromatic rings. The number of rotatable bonds is 3. The number of amides is 1. The second kappa shape index (κ2) is 3.54. The van der Waals surface area contributed by atoms with E-state index in [2.05, 4.69) is 12.2 Å². The van der Waals surface area contributed by atoms with Crippen LogP contribution in [-0.4, -0.2) is 18.5 Å². The minimum Gasteiger partial charge on any atom is -0.355 e. The first-order valence-corrected chi connectivity index (χ1v) is 5.64. The topological polar surface area (TPSA) is 55.1 Å². The standard InChI is InChI=1S/C11H20N2O/c1-11(5-2-6-11)7-13-10(14)8-3-4-9(8)12/h8-9H,2-7,12H2,1H3,(H,13,14)/t8-,9+/m0/s1. The van der Waals surface area contributed by atoms with Gasteiger partial charge in [0.1, 0.15) is 0 Å². The molecular formula is C11H20N2O. The van der Waals surface area contributed by atoms with E-state index < -0.39 is 0 Å². The second-order valence-corrected chi connectivity index (χ2v) is 5.23. The molecule has 2 fully saturated rings. The van der Waals surface area contributed by atoms with E-state index in [1.807, 2.05) is 0 Å². The van der Waals surface area contributed by atoms with Gasteiger partial charge in [-0.3, -0.25) is 4.79 Å². The highest BCUT2D eigenvalue weighted by Gasteiger charge is 2.36. The molecule has 0 spiro atoms. The first kappa shape index (κ1) is 9.97. The second-order valence-electron chi connectivity index (χ2n) is 5.23. The monoisotopic (exact) mass is 196 g/mol. The van der Waals surface area contributed by atoms with Crippen LogP contribution in [0, 0.1) is 11.3 Å². The van der Waals surface area contributed by atoms with Crippen LogP contribution in [0.2, 0.25) is 0 Å². The molecule has 3 N–H and O–H groups in total. The molecule has 0 unspecified atom stereocenters. The summed E-state index contributed by atoms with van der Waals surface area (Å²) in [6.45, 7) is 3.09. The van der Waals surface area contributed by atoms with Gasteiger partial charge < -0.3 is 11.1 Å². The van der Waals surface area contributed by atoms with Gasteiger partial charge in [0.15, 0.2) is 0 Å². The molecule has 3 heteroatoms. The van der Waals surface area contributed by atoms with Gasteiger partial charge in [0.05, 0.1) is 5.92 Å². The smallest absolute Gasteiger partial charge is 0.224 e. The van der Waals surface area contributed by atoms with Gasteiger partial charge in [0.2, 0.25) is 5.91 Å². The fourth-order valence-electron chi connectivity index (χ4n) is 2.24. The molecule has 2 aliphatic rings. The Bertz CT molecular complexity index is 235. The maximum atomic E-state index is 11.6. The van der Waals surface area contributed by atoms with Crippen LogP contribution in [0.5, 0.6) is 0 Å². The molecule has 2 rings (SSSR count). The Labute approximate surface area is 85.4 Å². The zero-order valence-electron chi connectivity index (χ0n) is 8.88. The fraction of sp³-hybridized carbons (Fsp3) is 0.909. The molecule has 2 atom stereocenters. The number of hydrogen-bond acceptors (Lipinski definition) is 2. The van der Waals surface area contributed by atoms with Gasteiger partial charge in [-0.15, -0.1) is 0 Å². The van der Waals surface area contributed by atoms with Crippen LogP contribution in [-0.2, 0) is 4.79 Å². The van der Waals surface area contributed by atoms with E-state index in [-0.39, 0.29) is 17.9 Å². The Morgan fingerprint density at radius 2 is 2.21 bits per heavy atom. The van der Waals surface area contributed by atoms with Crippen molar-refractivity contribution in [2.24, 2.45) is 17.1 Å². The molecule has 0 aromatic heterocycles. The number of carbonyl (C=O) groups excluding carboxylic acids is 1. The summed E-state index contributed by atoms with van der Waals surface area (Å²) in [6.07, 6.45) is 5.81. The highest BCUT2D eigenvalue weighted by Crippen LogP contribution is 2.39. The van der Waals surface area contributed by atoms with Crippen molar-refractivity contribution in [3.05, 3.63) is 0 Å². The molecule has 2 saturated carbocycles. The lowest BCUT2D eigenvalue weighted by atomic mass is 9.70. The Kier molecular flexibility index (Phi) is 2.52. The minimum absolute atomic E-state index is 0.0960. The summed E-state index contributed by atoms with van der Waals surface area (Å²) in [5.74, 6) is 0.274. The Morgan fingerprint density at radius 1 is 1.50 bits per heavy atom. The summed E-state index contributed by atoms with van der Waals surface area (Å²) < 4.78 is 0. The van der Waals surface area contributed by atoms with Crippen molar-refractivity contribution < 1.29 is 4.79 Å². The lowest BCUT2D eigenvalue weighted by molar-refractivity contribution is -0.129. The molecular weight excluding hydrogens is 176 g/mol. The van der Waals surface area contributed by atoms with Gasteiger partial charge in [-0.25, -0.2) is 0 Å². The first-order valence-electron chi connectivity index (χ1n) is 5.64. The molecule has 0 heterocycles. The van der Waals surface area contributed by atoms with Crippen LogP contribution < -0.4 is 11.1 Å². The van der Waals surface area contributed by atoms with E-state index in [4.69, 9.17) is 5.73 Å². The minimum atomic E-state index is 0.0960. The lowest BCUT2D eigenvalue weighted by Gasteiger charge is -2.40. The van der Waals surface area contributed by atoms with Gasteiger partial charge in [0, 0.05) is 12.6 Å². The first-order chi connectivity index (χ1) is 6.61. The molecule has 1 amide bonds. The number of nitrogens with two attached hydrogens (primary N) is 1. The summed E-state index contributed by atoms with van der Waals surface area (Å²) in [4.78, 5) is 11.6. The molecule has 80 valence electrons. The third-order valence-corrected chi connectivity index (χ3v) is 3.91. The average Bonchev–Trinajstić information content (AvgIpc) is 2.09. The molecule has 0 bridgehead atoms. The van der Waals surface area contributed by atoms with Crippen molar-refractivity contribution in [3.8, 4) is 0 Å². The predicted octanol–water partition coefficient (Wildman–Crippen LogP) is 1.03. The molecule has 2 aliphatic carbocycles. The summed E-state index contributed by atoms with van der Waals surface area (Å²) in [7, 11) is 0. The Balaban J connectivity index is 1.72. The quantitative estimate of drug-likeness (QED) is 0.708. The van der Waals surface area contributed by atoms with Gasteiger partial charge in [-0.2, -0.15) is 0 Å². The van der Waals surface area contributed by atoms with Gasteiger partial charge in [0.25, 0.3) is 0 Å². The zero-order chi connectivity index (χ0) is 10.2. The molecule has 14 heavy (non-hydrogen) atoms. The number of hydrogen-bond donors (Lipinski definition) is 2. The van der Waals surface area contributed by atoms with E-state index in [0.717, 1.165) is 19.4 Å². The van der Waals surface area contributed by atoms with Crippen molar-refractivity contribution >= 4 is 5.91 Å².